The van der Waals surface area contributed by atoms with Gasteiger partial charge in [0.2, 0.25) is 0 Å². The molecule has 1 N–H and O–H groups in total. The molecule has 0 aliphatic carbocycles. The highest BCUT2D eigenvalue weighted by Gasteiger charge is 2.09. The van der Waals surface area contributed by atoms with Crippen LogP contribution in [0.15, 0.2) is 18.2 Å². The summed E-state index contributed by atoms with van der Waals surface area (Å²) in [4.78, 5) is 10.2. The van der Waals surface area contributed by atoms with Gasteiger partial charge in [0.25, 0.3) is 0 Å². The van der Waals surface area contributed by atoms with Crippen molar-refractivity contribution in [3.05, 3.63) is 35.4 Å². The third-order valence-electron chi connectivity index (χ3n) is 1.16. The van der Waals surface area contributed by atoms with E-state index in [2.05, 4.69) is 0 Å². The normalized spacial score (nSPS) is 8.83. The summed E-state index contributed by atoms with van der Waals surface area (Å²) in [5, 5.41) is 8.29. The van der Waals surface area contributed by atoms with Crippen molar-refractivity contribution in [1.29, 1.82) is 0 Å². The lowest BCUT2D eigenvalue weighted by Crippen LogP contribution is -2.00. The molecular formula is C7H5ClF2O2. The second kappa shape index (κ2) is 4.01. The Kier molecular flexibility index (Phi) is 3.63. The number of aromatic carboxylic acids is 1. The molecule has 1 aromatic carbocycles. The van der Waals surface area contributed by atoms with Crippen LogP contribution in [0.4, 0.5) is 8.78 Å². The molecule has 1 rings (SSSR count). The summed E-state index contributed by atoms with van der Waals surface area (Å²) in [6.45, 7) is 0. The van der Waals surface area contributed by atoms with Crippen LogP contribution in [0, 0.1) is 11.6 Å². The molecule has 2 nitrogen and oxygen atoms in total. The standard InChI is InChI=1S/C7H4F2O2.ClH/c8-4-1-2-5(7(10)11)6(9)3-4;/h1-3H,(H,10,11);1H. The number of halogens is 3. The number of hydrogen-bond donors (Lipinski definition) is 1. The molecule has 66 valence electrons. The zero-order valence-corrected chi connectivity index (χ0v) is 6.57. The number of carboxylic acid groups (broad SMARTS) is 1. The van der Waals surface area contributed by atoms with Gasteiger partial charge >= 0.3 is 5.97 Å². The Morgan fingerprint density at radius 1 is 1.33 bits per heavy atom. The van der Waals surface area contributed by atoms with Gasteiger partial charge in [-0.05, 0) is 12.1 Å². The maximum atomic E-state index is 12.5. The van der Waals surface area contributed by atoms with E-state index in [0.717, 1.165) is 12.1 Å². The van der Waals surface area contributed by atoms with Gasteiger partial charge < -0.3 is 5.11 Å². The third-order valence-corrected chi connectivity index (χ3v) is 1.16. The van der Waals surface area contributed by atoms with E-state index in [1.54, 1.807) is 0 Å². The van der Waals surface area contributed by atoms with Gasteiger partial charge in [0, 0.05) is 6.07 Å². The average molecular weight is 195 g/mol. The summed E-state index contributed by atoms with van der Waals surface area (Å²) >= 11 is 0. The summed E-state index contributed by atoms with van der Waals surface area (Å²) in [6.07, 6.45) is 0. The Labute approximate surface area is 73.2 Å². The molecule has 0 radical (unpaired) electrons. The van der Waals surface area contributed by atoms with Gasteiger partial charge in [-0.15, -0.1) is 12.4 Å². The fourth-order valence-electron chi connectivity index (χ4n) is 0.663. The van der Waals surface area contributed by atoms with Crippen LogP contribution in [0.5, 0.6) is 0 Å². The fraction of sp³-hybridized carbons (Fsp3) is 0. The lowest BCUT2D eigenvalue weighted by Gasteiger charge is -1.94. The molecule has 0 atom stereocenters. The van der Waals surface area contributed by atoms with Crippen LogP contribution >= 0.6 is 12.4 Å². The average Bonchev–Trinajstić information content (AvgIpc) is 1.85. The van der Waals surface area contributed by atoms with E-state index in [4.69, 9.17) is 5.11 Å². The van der Waals surface area contributed by atoms with Crippen molar-refractivity contribution < 1.29 is 18.7 Å². The van der Waals surface area contributed by atoms with Crippen LogP contribution in [-0.2, 0) is 0 Å². The minimum atomic E-state index is -1.40. The second-order valence-corrected chi connectivity index (χ2v) is 1.93. The molecule has 0 aliphatic heterocycles. The maximum Gasteiger partial charge on any atom is 0.338 e. The van der Waals surface area contributed by atoms with E-state index in [-0.39, 0.29) is 12.4 Å². The van der Waals surface area contributed by atoms with E-state index in [0.29, 0.717) is 6.07 Å². The molecule has 0 saturated carbocycles. The molecule has 0 aromatic heterocycles. The summed E-state index contributed by atoms with van der Waals surface area (Å²) in [6, 6.07) is 2.31. The summed E-state index contributed by atoms with van der Waals surface area (Å²) in [5.74, 6) is -3.24. The number of hydrogen-bond acceptors (Lipinski definition) is 1. The molecule has 5 heteroatoms. The Bertz CT molecular complexity index is 301. The van der Waals surface area contributed by atoms with Crippen LogP contribution in [-0.4, -0.2) is 11.1 Å². The van der Waals surface area contributed by atoms with Gasteiger partial charge in [-0.2, -0.15) is 0 Å². The molecule has 0 unspecified atom stereocenters. The number of rotatable bonds is 1. The minimum absolute atomic E-state index is 0. The Balaban J connectivity index is 0.00000121. The van der Waals surface area contributed by atoms with Crippen LogP contribution in [0.25, 0.3) is 0 Å². The molecule has 0 fully saturated rings. The zero-order valence-electron chi connectivity index (χ0n) is 5.75. The van der Waals surface area contributed by atoms with Crippen molar-refractivity contribution >= 4 is 18.4 Å². The molecule has 0 amide bonds. The molecule has 0 heterocycles. The summed E-state index contributed by atoms with van der Waals surface area (Å²) in [5.41, 5.74) is -0.522. The molecular weight excluding hydrogens is 190 g/mol. The van der Waals surface area contributed by atoms with E-state index in [9.17, 15) is 13.6 Å². The van der Waals surface area contributed by atoms with Gasteiger partial charge in [-0.1, -0.05) is 0 Å². The molecule has 0 bridgehead atoms. The highest BCUT2D eigenvalue weighted by molar-refractivity contribution is 5.87. The van der Waals surface area contributed by atoms with Crippen LogP contribution in [0.2, 0.25) is 0 Å². The van der Waals surface area contributed by atoms with Crippen LogP contribution < -0.4 is 0 Å². The van der Waals surface area contributed by atoms with E-state index in [1.807, 2.05) is 0 Å². The molecule has 12 heavy (non-hydrogen) atoms. The maximum absolute atomic E-state index is 12.5. The Morgan fingerprint density at radius 2 is 1.92 bits per heavy atom. The largest absolute Gasteiger partial charge is 0.478 e. The van der Waals surface area contributed by atoms with Gasteiger partial charge in [0.15, 0.2) is 0 Å². The molecule has 1 aromatic rings. The van der Waals surface area contributed by atoms with Gasteiger partial charge in [-0.3, -0.25) is 0 Å². The van der Waals surface area contributed by atoms with Crippen molar-refractivity contribution in [1.82, 2.24) is 0 Å². The third kappa shape index (κ3) is 2.17. The van der Waals surface area contributed by atoms with Crippen molar-refractivity contribution in [3.8, 4) is 0 Å². The lowest BCUT2D eigenvalue weighted by atomic mass is 10.2. The van der Waals surface area contributed by atoms with Crippen LogP contribution in [0.3, 0.4) is 0 Å². The second-order valence-electron chi connectivity index (χ2n) is 1.93. The van der Waals surface area contributed by atoms with Crippen LogP contribution in [0.1, 0.15) is 10.4 Å². The molecule has 0 aliphatic rings. The first-order valence-electron chi connectivity index (χ1n) is 2.79. The van der Waals surface area contributed by atoms with E-state index in [1.165, 1.54) is 0 Å². The van der Waals surface area contributed by atoms with Crippen molar-refractivity contribution in [2.24, 2.45) is 0 Å². The van der Waals surface area contributed by atoms with E-state index < -0.39 is 23.2 Å². The fourth-order valence-corrected chi connectivity index (χ4v) is 0.663. The minimum Gasteiger partial charge on any atom is -0.478 e. The first-order chi connectivity index (χ1) is 5.11. The Hall–Kier alpha value is -1.16. The quantitative estimate of drug-likeness (QED) is 0.743. The topological polar surface area (TPSA) is 37.3 Å². The van der Waals surface area contributed by atoms with Gasteiger partial charge in [0.1, 0.15) is 11.6 Å². The summed E-state index contributed by atoms with van der Waals surface area (Å²) < 4.78 is 24.7. The van der Waals surface area contributed by atoms with Crippen molar-refractivity contribution in [2.75, 3.05) is 0 Å². The van der Waals surface area contributed by atoms with E-state index >= 15 is 0 Å². The summed E-state index contributed by atoms with van der Waals surface area (Å²) in [7, 11) is 0. The van der Waals surface area contributed by atoms with Crippen molar-refractivity contribution in [3.63, 3.8) is 0 Å². The zero-order chi connectivity index (χ0) is 8.43. The highest BCUT2D eigenvalue weighted by atomic mass is 35.5. The number of benzene rings is 1. The monoisotopic (exact) mass is 194 g/mol. The first kappa shape index (κ1) is 10.8. The highest BCUT2D eigenvalue weighted by Crippen LogP contribution is 2.08. The van der Waals surface area contributed by atoms with Gasteiger partial charge in [-0.25, -0.2) is 13.6 Å². The predicted octanol–water partition coefficient (Wildman–Crippen LogP) is 2.08. The first-order valence-corrected chi connectivity index (χ1v) is 2.79. The smallest absolute Gasteiger partial charge is 0.338 e. The molecule has 0 saturated heterocycles. The van der Waals surface area contributed by atoms with Crippen molar-refractivity contribution in [2.45, 2.75) is 0 Å². The predicted molar refractivity (Wildman–Crippen MR) is 40.6 cm³/mol. The SMILES string of the molecule is Cl.O=C(O)c1ccc(F)cc1F. The number of carboxylic acids is 1. The molecule has 0 spiro atoms. The number of carbonyl (C=O) groups is 1. The Morgan fingerprint density at radius 3 is 2.33 bits per heavy atom. The van der Waals surface area contributed by atoms with Gasteiger partial charge in [0.05, 0.1) is 5.56 Å². The lowest BCUT2D eigenvalue weighted by molar-refractivity contribution is 0.0692.